The number of carbonyl (C=O) groups excluding carboxylic acids is 1. The Labute approximate surface area is 184 Å². The van der Waals surface area contributed by atoms with Crippen molar-refractivity contribution in [1.82, 2.24) is 5.43 Å². The van der Waals surface area contributed by atoms with Crippen LogP contribution in [-0.2, 0) is 19.9 Å². The number of carbonyl (C=O) groups is 1. The van der Waals surface area contributed by atoms with Crippen LogP contribution in [0.5, 0.6) is 0 Å². The molecule has 1 amide bonds. The van der Waals surface area contributed by atoms with Gasteiger partial charge in [-0.1, -0.05) is 30.3 Å². The predicted octanol–water partition coefficient (Wildman–Crippen LogP) is 2.08. The van der Waals surface area contributed by atoms with Crippen LogP contribution in [0.1, 0.15) is 15.9 Å². The lowest BCUT2D eigenvalue weighted by Crippen LogP contribution is -2.24. The first-order valence-electron chi connectivity index (χ1n) is 9.10. The fourth-order valence-electron chi connectivity index (χ4n) is 2.69. The Kier molecular flexibility index (Phi) is 6.82. The van der Waals surface area contributed by atoms with Crippen LogP contribution in [0.4, 0.5) is 4.39 Å². The number of halogens is 1. The number of hydrogen-bond acceptors (Lipinski definition) is 6. The van der Waals surface area contributed by atoms with Gasteiger partial charge in [0, 0.05) is 5.56 Å². The van der Waals surface area contributed by atoms with Crippen molar-refractivity contribution in [3.8, 4) is 0 Å². The average Bonchev–Trinajstić information content (AvgIpc) is 2.77. The fourth-order valence-corrected chi connectivity index (χ4v) is 4.54. The molecule has 166 valence electrons. The maximum Gasteiger partial charge on any atom is 0.271 e. The van der Waals surface area contributed by atoms with E-state index in [4.69, 9.17) is 5.14 Å². The summed E-state index contributed by atoms with van der Waals surface area (Å²) in [6.07, 6.45) is 0. The second-order valence-electron chi connectivity index (χ2n) is 6.65. The third-order valence-electron chi connectivity index (χ3n) is 4.34. The largest absolute Gasteiger partial charge is 0.271 e. The molecule has 3 aromatic carbocycles. The molecule has 0 aliphatic rings. The molecule has 0 spiro atoms. The van der Waals surface area contributed by atoms with Gasteiger partial charge in [0.1, 0.15) is 5.82 Å². The molecule has 0 aliphatic heterocycles. The van der Waals surface area contributed by atoms with Crippen molar-refractivity contribution in [2.45, 2.75) is 9.79 Å². The van der Waals surface area contributed by atoms with E-state index in [1.807, 2.05) is 0 Å². The van der Waals surface area contributed by atoms with Gasteiger partial charge >= 0.3 is 0 Å². The molecule has 0 heterocycles. The minimum Gasteiger partial charge on any atom is -0.267 e. The summed E-state index contributed by atoms with van der Waals surface area (Å²) in [6.45, 7) is 0. The second-order valence-corrected chi connectivity index (χ2v) is 10.2. The monoisotopic (exact) mass is 475 g/mol. The van der Waals surface area contributed by atoms with Crippen LogP contribution in [0.25, 0.3) is 0 Å². The van der Waals surface area contributed by atoms with Crippen molar-refractivity contribution >= 4 is 31.5 Å². The molecule has 0 aromatic heterocycles. The molecule has 3 N–H and O–H groups in total. The van der Waals surface area contributed by atoms with Gasteiger partial charge in [-0.15, -0.1) is 0 Å². The number of sulfonamides is 1. The molecule has 0 unspecified atom stereocenters. The summed E-state index contributed by atoms with van der Waals surface area (Å²) in [5, 5.41) is 8.98. The lowest BCUT2D eigenvalue weighted by molar-refractivity contribution is 0.0954. The van der Waals surface area contributed by atoms with E-state index in [0.717, 1.165) is 24.3 Å². The van der Waals surface area contributed by atoms with E-state index in [1.54, 1.807) is 18.2 Å². The number of nitrogens with two attached hydrogens (primary N) is 1. The third kappa shape index (κ3) is 5.84. The van der Waals surface area contributed by atoms with Crippen molar-refractivity contribution in [1.29, 1.82) is 0 Å². The summed E-state index contributed by atoms with van der Waals surface area (Å²) >= 11 is 0. The topological polar surface area (TPSA) is 136 Å². The first-order valence-corrected chi connectivity index (χ1v) is 12.3. The van der Waals surface area contributed by atoms with E-state index in [0.29, 0.717) is 5.56 Å². The van der Waals surface area contributed by atoms with Gasteiger partial charge in [-0.05, 0) is 54.1 Å². The average molecular weight is 476 g/mol. The van der Waals surface area contributed by atoms with Crippen LogP contribution in [-0.4, -0.2) is 34.2 Å². The summed E-state index contributed by atoms with van der Waals surface area (Å²) in [5.74, 6) is -1.77. The SMILES string of the molecule is NS(=O)(=O)c1ccc(C(=O)N/N=C(/CS(=O)(=O)c2ccccc2)c2ccc(F)cc2)cc1. The van der Waals surface area contributed by atoms with E-state index in [9.17, 15) is 26.0 Å². The first-order chi connectivity index (χ1) is 15.1. The quantitative estimate of drug-likeness (QED) is 0.398. The summed E-state index contributed by atoms with van der Waals surface area (Å²) in [7, 11) is -7.72. The zero-order valence-corrected chi connectivity index (χ0v) is 18.1. The summed E-state index contributed by atoms with van der Waals surface area (Å²) in [6, 6.07) is 17.5. The van der Waals surface area contributed by atoms with Crippen LogP contribution in [0.3, 0.4) is 0 Å². The summed E-state index contributed by atoms with van der Waals surface area (Å²) < 4.78 is 61.6. The number of nitrogens with one attached hydrogen (secondary N) is 1. The van der Waals surface area contributed by atoms with Crippen molar-refractivity contribution in [2.75, 3.05) is 5.75 Å². The smallest absolute Gasteiger partial charge is 0.267 e. The number of rotatable bonds is 7. The lowest BCUT2D eigenvalue weighted by atomic mass is 10.1. The second kappa shape index (κ2) is 9.39. The molecule has 0 aliphatic carbocycles. The van der Waals surface area contributed by atoms with Gasteiger partial charge in [0.15, 0.2) is 9.84 Å². The normalized spacial score (nSPS) is 12.4. The Morgan fingerprint density at radius 2 is 1.38 bits per heavy atom. The first kappa shape index (κ1) is 23.3. The highest BCUT2D eigenvalue weighted by Crippen LogP contribution is 2.14. The molecule has 0 fully saturated rings. The minimum absolute atomic E-state index is 0.0108. The number of sulfone groups is 1. The number of primary sulfonamides is 1. The highest BCUT2D eigenvalue weighted by atomic mass is 32.2. The van der Waals surface area contributed by atoms with E-state index >= 15 is 0 Å². The zero-order valence-electron chi connectivity index (χ0n) is 16.5. The van der Waals surface area contributed by atoms with Gasteiger partial charge in [-0.2, -0.15) is 5.10 Å². The molecule has 0 bridgehead atoms. The molecule has 3 aromatic rings. The highest BCUT2D eigenvalue weighted by Gasteiger charge is 2.20. The molecule has 0 saturated carbocycles. The van der Waals surface area contributed by atoms with Gasteiger partial charge in [-0.25, -0.2) is 31.8 Å². The molecular formula is C21H18FN3O5S2. The maximum absolute atomic E-state index is 13.3. The van der Waals surface area contributed by atoms with E-state index in [2.05, 4.69) is 10.5 Å². The molecule has 0 radical (unpaired) electrons. The molecule has 0 atom stereocenters. The highest BCUT2D eigenvalue weighted by molar-refractivity contribution is 7.92. The van der Waals surface area contributed by atoms with E-state index < -0.39 is 37.3 Å². The van der Waals surface area contributed by atoms with Crippen LogP contribution < -0.4 is 10.6 Å². The zero-order chi connectivity index (χ0) is 23.4. The van der Waals surface area contributed by atoms with Crippen LogP contribution >= 0.6 is 0 Å². The van der Waals surface area contributed by atoms with Crippen LogP contribution in [0.2, 0.25) is 0 Å². The van der Waals surface area contributed by atoms with Gasteiger partial charge in [0.25, 0.3) is 5.91 Å². The number of nitrogens with zero attached hydrogens (tertiary/aromatic N) is 1. The molecule has 0 saturated heterocycles. The Hall–Kier alpha value is -3.41. The van der Waals surface area contributed by atoms with Crippen molar-refractivity contribution in [3.05, 3.63) is 95.8 Å². The van der Waals surface area contributed by atoms with Gasteiger partial charge < -0.3 is 0 Å². The Balaban J connectivity index is 1.89. The standard InChI is InChI=1S/C21H18FN3O5S2/c22-17-10-6-15(7-11-17)20(14-31(27,28)18-4-2-1-3-5-18)24-25-21(26)16-8-12-19(13-9-16)32(23,29)30/h1-13H,14H2,(H,25,26)(H2,23,29,30)/b24-20-. The minimum atomic E-state index is -3.91. The van der Waals surface area contributed by atoms with Crippen LogP contribution in [0.15, 0.2) is 93.8 Å². The number of hydrazone groups is 1. The molecular weight excluding hydrogens is 457 g/mol. The predicted molar refractivity (Wildman–Crippen MR) is 117 cm³/mol. The Morgan fingerprint density at radius 3 is 1.94 bits per heavy atom. The Morgan fingerprint density at radius 1 is 0.812 bits per heavy atom. The molecule has 32 heavy (non-hydrogen) atoms. The van der Waals surface area contributed by atoms with E-state index in [1.165, 1.54) is 36.4 Å². The van der Waals surface area contributed by atoms with Gasteiger partial charge in [0.05, 0.1) is 21.3 Å². The van der Waals surface area contributed by atoms with Crippen molar-refractivity contribution in [3.63, 3.8) is 0 Å². The number of amides is 1. The van der Waals surface area contributed by atoms with Crippen LogP contribution in [0, 0.1) is 5.82 Å². The lowest BCUT2D eigenvalue weighted by Gasteiger charge is -2.09. The number of benzene rings is 3. The number of hydrogen-bond donors (Lipinski definition) is 2. The Bertz CT molecular complexity index is 1360. The van der Waals surface area contributed by atoms with Crippen molar-refractivity contribution in [2.24, 2.45) is 10.2 Å². The van der Waals surface area contributed by atoms with E-state index in [-0.39, 0.29) is 21.1 Å². The molecule has 11 heteroatoms. The van der Waals surface area contributed by atoms with Crippen molar-refractivity contribution < 1.29 is 26.0 Å². The molecule has 8 nitrogen and oxygen atoms in total. The maximum atomic E-state index is 13.3. The van der Waals surface area contributed by atoms with Gasteiger partial charge in [-0.3, -0.25) is 4.79 Å². The molecule has 3 rings (SSSR count). The third-order valence-corrected chi connectivity index (χ3v) is 6.92. The summed E-state index contributed by atoms with van der Waals surface area (Å²) in [4.78, 5) is 12.3. The summed E-state index contributed by atoms with van der Waals surface area (Å²) in [5.41, 5.74) is 2.62. The van der Waals surface area contributed by atoms with Gasteiger partial charge in [0.2, 0.25) is 10.0 Å². The fraction of sp³-hybridized carbons (Fsp3) is 0.0476.